The molecule has 3 heterocycles. The number of benzene rings is 2. The van der Waals surface area contributed by atoms with E-state index in [-0.39, 0.29) is 37.4 Å². The van der Waals surface area contributed by atoms with Gasteiger partial charge in [-0.3, -0.25) is 19.3 Å². The molecule has 0 aliphatic carbocycles. The maximum Gasteiger partial charge on any atom is 0.273 e. The number of fused-ring (bicyclic) bond motifs is 1. The van der Waals surface area contributed by atoms with Crippen molar-refractivity contribution in [3.63, 3.8) is 0 Å². The molecule has 5 rings (SSSR count). The average Bonchev–Trinajstić information content (AvgIpc) is 3.38. The zero-order valence-electron chi connectivity index (χ0n) is 19.1. The number of para-hydroxylation sites is 1. The Hall–Kier alpha value is -3.72. The Morgan fingerprint density at radius 2 is 1.86 bits per heavy atom. The lowest BCUT2D eigenvalue weighted by Gasteiger charge is -2.29. The molecule has 1 fully saturated rings. The molecule has 0 spiro atoms. The Bertz CT molecular complexity index is 1240. The molecule has 1 saturated heterocycles. The fourth-order valence-corrected chi connectivity index (χ4v) is 4.93. The van der Waals surface area contributed by atoms with Gasteiger partial charge in [-0.15, -0.1) is 11.3 Å². The maximum absolute atomic E-state index is 12.8. The van der Waals surface area contributed by atoms with Crippen LogP contribution in [0.2, 0.25) is 0 Å². The lowest BCUT2D eigenvalue weighted by Crippen LogP contribution is -2.38. The summed E-state index contributed by atoms with van der Waals surface area (Å²) in [4.78, 5) is 46.2. The quantitative estimate of drug-likeness (QED) is 0.465. The second-order valence-electron chi connectivity index (χ2n) is 8.46. The summed E-state index contributed by atoms with van der Waals surface area (Å²) in [6.45, 7) is 1.50. The highest BCUT2D eigenvalue weighted by Gasteiger charge is 2.28. The summed E-state index contributed by atoms with van der Waals surface area (Å²) in [6, 6.07) is 14.1. The van der Waals surface area contributed by atoms with Crippen LogP contribution < -0.4 is 14.4 Å². The second kappa shape index (κ2) is 10.3. The van der Waals surface area contributed by atoms with Gasteiger partial charge < -0.3 is 14.4 Å². The van der Waals surface area contributed by atoms with Gasteiger partial charge in [0.1, 0.15) is 22.2 Å². The highest BCUT2D eigenvalue weighted by atomic mass is 32.1. The Kier molecular flexibility index (Phi) is 6.76. The summed E-state index contributed by atoms with van der Waals surface area (Å²) < 4.78 is 11.2. The van der Waals surface area contributed by atoms with Crippen molar-refractivity contribution in [2.75, 3.05) is 31.2 Å². The third-order valence-electron chi connectivity index (χ3n) is 6.04. The number of amides is 2. The number of thiazole rings is 1. The van der Waals surface area contributed by atoms with Crippen LogP contribution in [0.5, 0.6) is 11.5 Å². The van der Waals surface area contributed by atoms with E-state index in [0.717, 1.165) is 32.4 Å². The van der Waals surface area contributed by atoms with Gasteiger partial charge in [0, 0.05) is 24.0 Å². The fourth-order valence-electron chi connectivity index (χ4n) is 4.17. The number of ketones is 1. The summed E-state index contributed by atoms with van der Waals surface area (Å²) in [5, 5.41) is 2.40. The number of anilines is 1. The summed E-state index contributed by atoms with van der Waals surface area (Å²) >= 11 is 1.35. The van der Waals surface area contributed by atoms with Crippen LogP contribution in [0.1, 0.15) is 45.1 Å². The predicted octanol–water partition coefficient (Wildman–Crippen LogP) is 3.96. The first-order chi connectivity index (χ1) is 17.1. The van der Waals surface area contributed by atoms with Crippen LogP contribution in [-0.4, -0.2) is 53.8 Å². The summed E-state index contributed by atoms with van der Waals surface area (Å²) in [5.74, 6) is 0.621. The number of ether oxygens (including phenoxy) is 2. The highest BCUT2D eigenvalue weighted by Crippen LogP contribution is 2.34. The number of rotatable bonds is 7. The van der Waals surface area contributed by atoms with Crippen LogP contribution in [-0.2, 0) is 11.3 Å². The standard InChI is InChI=1S/C26H25N3O5S/c30-22(15-33-19-7-3-1-4-8-19)18-9-10-23-21(13-18)29(25(31)16-34-23)14-24-27-20(17-35-24)26(32)28-11-5-2-6-12-28/h1,3-4,7-10,13,17H,2,5-6,11-12,14-16H2. The number of piperidine rings is 1. The van der Waals surface area contributed by atoms with E-state index in [2.05, 4.69) is 4.98 Å². The second-order valence-corrected chi connectivity index (χ2v) is 9.40. The lowest BCUT2D eigenvalue weighted by atomic mass is 10.1. The van der Waals surface area contributed by atoms with Crippen LogP contribution in [0.25, 0.3) is 0 Å². The molecule has 3 aromatic rings. The van der Waals surface area contributed by atoms with Crippen molar-refractivity contribution in [1.29, 1.82) is 0 Å². The molecular weight excluding hydrogens is 466 g/mol. The molecule has 8 nitrogen and oxygen atoms in total. The average molecular weight is 492 g/mol. The van der Waals surface area contributed by atoms with Crippen LogP contribution >= 0.6 is 11.3 Å². The van der Waals surface area contributed by atoms with Gasteiger partial charge in [-0.1, -0.05) is 18.2 Å². The Labute approximate surface area is 207 Å². The fraction of sp³-hybridized carbons (Fsp3) is 0.308. The molecule has 9 heteroatoms. The van der Waals surface area contributed by atoms with Crippen molar-refractivity contribution < 1.29 is 23.9 Å². The molecular formula is C26H25N3O5S. The number of carbonyl (C=O) groups is 3. The van der Waals surface area contributed by atoms with Crippen molar-refractivity contribution in [3.05, 3.63) is 70.2 Å². The van der Waals surface area contributed by atoms with Crippen LogP contribution in [0.4, 0.5) is 5.69 Å². The smallest absolute Gasteiger partial charge is 0.273 e. The third kappa shape index (κ3) is 5.19. The number of aromatic nitrogens is 1. The molecule has 0 radical (unpaired) electrons. The normalized spacial score (nSPS) is 15.4. The number of likely N-dealkylation sites (tertiary alicyclic amines) is 1. The number of carbonyl (C=O) groups excluding carboxylic acids is 3. The summed E-state index contributed by atoms with van der Waals surface area (Å²) in [6.07, 6.45) is 3.17. The zero-order chi connectivity index (χ0) is 24.2. The monoisotopic (exact) mass is 491 g/mol. The van der Waals surface area contributed by atoms with Gasteiger partial charge in [-0.25, -0.2) is 4.98 Å². The molecule has 180 valence electrons. The van der Waals surface area contributed by atoms with Gasteiger partial charge in [0.15, 0.2) is 19.0 Å². The Balaban J connectivity index is 1.31. The van der Waals surface area contributed by atoms with Gasteiger partial charge in [0.2, 0.25) is 0 Å². The zero-order valence-corrected chi connectivity index (χ0v) is 20.0. The van der Waals surface area contributed by atoms with Crippen molar-refractivity contribution in [2.24, 2.45) is 0 Å². The largest absolute Gasteiger partial charge is 0.485 e. The Morgan fingerprint density at radius 3 is 2.66 bits per heavy atom. The summed E-state index contributed by atoms with van der Waals surface area (Å²) in [5.41, 5.74) is 1.34. The highest BCUT2D eigenvalue weighted by molar-refractivity contribution is 7.09. The van der Waals surface area contributed by atoms with E-state index in [4.69, 9.17) is 9.47 Å². The lowest BCUT2D eigenvalue weighted by molar-refractivity contribution is -0.121. The number of Topliss-reactive ketones (excluding diaryl/α,β-unsaturated/α-hetero) is 1. The van der Waals surface area contributed by atoms with Crippen LogP contribution in [0.15, 0.2) is 53.9 Å². The van der Waals surface area contributed by atoms with Crippen molar-refractivity contribution in [3.8, 4) is 11.5 Å². The van der Waals surface area contributed by atoms with E-state index in [1.807, 2.05) is 23.1 Å². The molecule has 2 aliphatic rings. The maximum atomic E-state index is 12.8. The van der Waals surface area contributed by atoms with Gasteiger partial charge in [0.05, 0.1) is 12.2 Å². The first-order valence-corrected chi connectivity index (χ1v) is 12.5. The van der Waals surface area contributed by atoms with Gasteiger partial charge in [-0.05, 0) is 49.6 Å². The molecule has 2 amide bonds. The van der Waals surface area contributed by atoms with E-state index in [0.29, 0.717) is 33.5 Å². The van der Waals surface area contributed by atoms with Gasteiger partial charge >= 0.3 is 0 Å². The molecule has 1 aromatic heterocycles. The number of hydrogen-bond donors (Lipinski definition) is 0. The Morgan fingerprint density at radius 1 is 1.06 bits per heavy atom. The SMILES string of the molecule is O=C(COc1ccccc1)c1ccc2c(c1)N(Cc1nc(C(=O)N3CCCCC3)cs1)C(=O)CO2. The van der Waals surface area contributed by atoms with Crippen molar-refractivity contribution in [2.45, 2.75) is 25.8 Å². The van der Waals surface area contributed by atoms with E-state index in [1.165, 1.54) is 11.3 Å². The minimum Gasteiger partial charge on any atom is -0.485 e. The van der Waals surface area contributed by atoms with Crippen molar-refractivity contribution in [1.82, 2.24) is 9.88 Å². The minimum absolute atomic E-state index is 0.0628. The van der Waals surface area contributed by atoms with Crippen LogP contribution in [0, 0.1) is 0 Å². The van der Waals surface area contributed by atoms with Crippen molar-refractivity contribution >= 4 is 34.6 Å². The first kappa shape index (κ1) is 23.0. The van der Waals surface area contributed by atoms with Crippen LogP contribution in [0.3, 0.4) is 0 Å². The molecule has 0 N–H and O–H groups in total. The molecule has 0 unspecified atom stereocenters. The molecule has 0 saturated carbocycles. The van der Waals surface area contributed by atoms with E-state index >= 15 is 0 Å². The summed E-state index contributed by atoms with van der Waals surface area (Å²) in [7, 11) is 0. The van der Waals surface area contributed by atoms with Gasteiger partial charge in [0.25, 0.3) is 11.8 Å². The molecule has 2 aliphatic heterocycles. The third-order valence-corrected chi connectivity index (χ3v) is 6.88. The van der Waals surface area contributed by atoms with E-state index in [9.17, 15) is 14.4 Å². The predicted molar refractivity (Wildman–Crippen MR) is 131 cm³/mol. The first-order valence-electron chi connectivity index (χ1n) is 11.6. The number of nitrogens with zero attached hydrogens (tertiary/aromatic N) is 3. The number of hydrogen-bond acceptors (Lipinski definition) is 7. The topological polar surface area (TPSA) is 89.0 Å². The van der Waals surface area contributed by atoms with Gasteiger partial charge in [-0.2, -0.15) is 0 Å². The molecule has 0 atom stereocenters. The van der Waals surface area contributed by atoms with E-state index < -0.39 is 0 Å². The molecule has 0 bridgehead atoms. The molecule has 35 heavy (non-hydrogen) atoms. The minimum atomic E-state index is -0.234. The molecule has 2 aromatic carbocycles. The van der Waals surface area contributed by atoms with E-state index in [1.54, 1.807) is 40.6 Å².